The van der Waals surface area contributed by atoms with E-state index in [1.165, 1.54) is 0 Å². The second-order valence-electron chi connectivity index (χ2n) is 5.30. The molecule has 4 heteroatoms. The van der Waals surface area contributed by atoms with Crippen molar-refractivity contribution in [1.82, 2.24) is 0 Å². The number of hydrogen-bond donors (Lipinski definition) is 0. The average Bonchev–Trinajstić information content (AvgIpc) is 2.79. The molecule has 0 bridgehead atoms. The van der Waals surface area contributed by atoms with Crippen LogP contribution < -0.4 is 14.4 Å². The van der Waals surface area contributed by atoms with E-state index in [9.17, 15) is 4.79 Å². The molecule has 3 rings (SSSR count). The first-order chi connectivity index (χ1) is 10.7. The quantitative estimate of drug-likeness (QED) is 0.874. The zero-order chi connectivity index (χ0) is 15.4. The molecule has 1 amide bonds. The van der Waals surface area contributed by atoms with Crippen LogP contribution in [-0.2, 0) is 11.2 Å². The first-order valence-corrected chi connectivity index (χ1v) is 7.44. The van der Waals surface area contributed by atoms with Gasteiger partial charge in [-0.1, -0.05) is 24.3 Å². The van der Waals surface area contributed by atoms with Crippen molar-refractivity contribution < 1.29 is 14.3 Å². The molecule has 0 aromatic heterocycles. The van der Waals surface area contributed by atoms with E-state index in [4.69, 9.17) is 9.47 Å². The third-order valence-electron chi connectivity index (χ3n) is 3.68. The second-order valence-corrected chi connectivity index (χ2v) is 5.30. The predicted molar refractivity (Wildman–Crippen MR) is 85.6 cm³/mol. The van der Waals surface area contributed by atoms with Gasteiger partial charge in [-0.15, -0.1) is 0 Å². The fourth-order valence-corrected chi connectivity index (χ4v) is 2.41. The molecule has 114 valence electrons. The lowest BCUT2D eigenvalue weighted by Gasteiger charge is -2.17. The van der Waals surface area contributed by atoms with Crippen molar-refractivity contribution in [3.05, 3.63) is 54.1 Å². The largest absolute Gasteiger partial charge is 0.490 e. The Bertz CT molecular complexity index is 655. The fourth-order valence-electron chi connectivity index (χ4n) is 2.41. The zero-order valence-electron chi connectivity index (χ0n) is 12.6. The Morgan fingerprint density at radius 3 is 2.55 bits per heavy atom. The van der Waals surface area contributed by atoms with Crippen LogP contribution in [0.1, 0.15) is 12.0 Å². The molecule has 0 saturated heterocycles. The number of anilines is 1. The Kier molecular flexibility index (Phi) is 4.28. The van der Waals surface area contributed by atoms with Crippen molar-refractivity contribution in [2.24, 2.45) is 0 Å². The average molecular weight is 297 g/mol. The lowest BCUT2D eigenvalue weighted by atomic mass is 10.1. The Labute approximate surface area is 130 Å². The zero-order valence-corrected chi connectivity index (χ0v) is 12.6. The number of nitrogens with zero attached hydrogens (tertiary/aromatic N) is 1. The maximum atomic E-state index is 12.4. The molecule has 22 heavy (non-hydrogen) atoms. The number of amides is 1. The van der Waals surface area contributed by atoms with E-state index in [0.717, 1.165) is 29.2 Å². The number of ether oxygens (including phenoxy) is 2. The number of likely N-dealkylation sites (N-methyl/N-ethyl adjacent to an activating group) is 1. The van der Waals surface area contributed by atoms with Crippen LogP contribution in [0.15, 0.2) is 48.5 Å². The highest BCUT2D eigenvalue weighted by molar-refractivity contribution is 5.94. The second kappa shape index (κ2) is 6.52. The van der Waals surface area contributed by atoms with Crippen molar-refractivity contribution in [3.63, 3.8) is 0 Å². The Morgan fingerprint density at radius 1 is 1.05 bits per heavy atom. The van der Waals surface area contributed by atoms with Crippen LogP contribution >= 0.6 is 0 Å². The smallest absolute Gasteiger partial charge is 0.231 e. The minimum atomic E-state index is 0.0423. The highest BCUT2D eigenvalue weighted by Gasteiger charge is 2.15. The minimum Gasteiger partial charge on any atom is -0.490 e. The predicted octanol–water partition coefficient (Wildman–Crippen LogP) is 3.05. The van der Waals surface area contributed by atoms with Crippen LogP contribution in [0.3, 0.4) is 0 Å². The van der Waals surface area contributed by atoms with Gasteiger partial charge in [0.05, 0.1) is 19.6 Å². The summed E-state index contributed by atoms with van der Waals surface area (Å²) in [7, 11) is 1.79. The number of fused-ring (bicyclic) bond motifs is 1. The molecule has 2 aromatic rings. The Balaban J connectivity index is 1.73. The van der Waals surface area contributed by atoms with Gasteiger partial charge in [-0.2, -0.15) is 0 Å². The highest BCUT2D eigenvalue weighted by atomic mass is 16.5. The van der Waals surface area contributed by atoms with Gasteiger partial charge in [-0.25, -0.2) is 0 Å². The number of carbonyl (C=O) groups is 1. The Hall–Kier alpha value is -2.49. The monoisotopic (exact) mass is 297 g/mol. The number of benzene rings is 2. The van der Waals surface area contributed by atoms with Gasteiger partial charge in [-0.05, 0) is 29.8 Å². The third-order valence-corrected chi connectivity index (χ3v) is 3.68. The van der Waals surface area contributed by atoms with Crippen molar-refractivity contribution in [2.45, 2.75) is 12.8 Å². The molecule has 4 nitrogen and oxygen atoms in total. The normalized spacial score (nSPS) is 13.3. The summed E-state index contributed by atoms with van der Waals surface area (Å²) >= 11 is 0. The third kappa shape index (κ3) is 3.22. The van der Waals surface area contributed by atoms with Crippen molar-refractivity contribution in [2.75, 3.05) is 25.2 Å². The number of rotatable bonds is 3. The fraction of sp³-hybridized carbons (Fsp3) is 0.278. The summed E-state index contributed by atoms with van der Waals surface area (Å²) in [5, 5.41) is 0. The molecule has 0 fully saturated rings. The van der Waals surface area contributed by atoms with Gasteiger partial charge in [0, 0.05) is 19.2 Å². The standard InChI is InChI=1S/C18H19NO3/c1-19(15-6-3-2-4-7-15)18(20)13-14-8-9-16-17(12-14)22-11-5-10-21-16/h2-4,6-9,12H,5,10-11,13H2,1H3. The Morgan fingerprint density at radius 2 is 1.77 bits per heavy atom. The summed E-state index contributed by atoms with van der Waals surface area (Å²) in [5.41, 5.74) is 1.82. The summed E-state index contributed by atoms with van der Waals surface area (Å²) in [4.78, 5) is 14.1. The lowest BCUT2D eigenvalue weighted by Crippen LogP contribution is -2.27. The maximum Gasteiger partial charge on any atom is 0.231 e. The first kappa shape index (κ1) is 14.4. The lowest BCUT2D eigenvalue weighted by molar-refractivity contribution is -0.117. The highest BCUT2D eigenvalue weighted by Crippen LogP contribution is 2.30. The van der Waals surface area contributed by atoms with E-state index in [1.807, 2.05) is 48.5 Å². The summed E-state index contributed by atoms with van der Waals surface area (Å²) in [6, 6.07) is 15.3. The van der Waals surface area contributed by atoms with Crippen LogP contribution in [-0.4, -0.2) is 26.2 Å². The van der Waals surface area contributed by atoms with Gasteiger partial charge < -0.3 is 14.4 Å². The van der Waals surface area contributed by atoms with E-state index in [2.05, 4.69) is 0 Å². The van der Waals surface area contributed by atoms with E-state index in [1.54, 1.807) is 11.9 Å². The summed E-state index contributed by atoms with van der Waals surface area (Å²) in [6.45, 7) is 1.32. The van der Waals surface area contributed by atoms with Gasteiger partial charge in [0.25, 0.3) is 0 Å². The molecule has 1 aliphatic heterocycles. The van der Waals surface area contributed by atoms with E-state index < -0.39 is 0 Å². The van der Waals surface area contributed by atoms with E-state index in [-0.39, 0.29) is 5.91 Å². The first-order valence-electron chi connectivity index (χ1n) is 7.44. The summed E-state index contributed by atoms with van der Waals surface area (Å²) in [5.74, 6) is 1.52. The van der Waals surface area contributed by atoms with Crippen LogP contribution in [0.4, 0.5) is 5.69 Å². The van der Waals surface area contributed by atoms with Gasteiger partial charge in [0.2, 0.25) is 5.91 Å². The van der Waals surface area contributed by atoms with E-state index >= 15 is 0 Å². The summed E-state index contributed by atoms with van der Waals surface area (Å²) < 4.78 is 11.3. The van der Waals surface area contributed by atoms with Crippen LogP contribution in [0.5, 0.6) is 11.5 Å². The SMILES string of the molecule is CN(C(=O)Cc1ccc2c(c1)OCCCO2)c1ccccc1. The van der Waals surface area contributed by atoms with Gasteiger partial charge in [-0.3, -0.25) is 4.79 Å². The molecule has 0 N–H and O–H groups in total. The van der Waals surface area contributed by atoms with Crippen LogP contribution in [0, 0.1) is 0 Å². The molecule has 2 aromatic carbocycles. The van der Waals surface area contributed by atoms with E-state index in [0.29, 0.717) is 19.6 Å². The van der Waals surface area contributed by atoms with Crippen LogP contribution in [0.2, 0.25) is 0 Å². The molecule has 0 saturated carbocycles. The maximum absolute atomic E-state index is 12.4. The van der Waals surface area contributed by atoms with Gasteiger partial charge >= 0.3 is 0 Å². The van der Waals surface area contributed by atoms with Crippen molar-refractivity contribution in [1.29, 1.82) is 0 Å². The molecule has 0 unspecified atom stereocenters. The summed E-state index contributed by atoms with van der Waals surface area (Å²) in [6.07, 6.45) is 1.21. The number of para-hydroxylation sites is 1. The molecule has 1 aliphatic rings. The van der Waals surface area contributed by atoms with Crippen molar-refractivity contribution in [3.8, 4) is 11.5 Å². The molecule has 0 spiro atoms. The van der Waals surface area contributed by atoms with Crippen molar-refractivity contribution >= 4 is 11.6 Å². The van der Waals surface area contributed by atoms with Gasteiger partial charge in [0.1, 0.15) is 0 Å². The van der Waals surface area contributed by atoms with Gasteiger partial charge in [0.15, 0.2) is 11.5 Å². The molecule has 0 atom stereocenters. The molecule has 0 aliphatic carbocycles. The molecular formula is C18H19NO3. The number of carbonyl (C=O) groups excluding carboxylic acids is 1. The molecule has 1 heterocycles. The minimum absolute atomic E-state index is 0.0423. The topological polar surface area (TPSA) is 38.8 Å². The molecule has 0 radical (unpaired) electrons. The number of hydrogen-bond acceptors (Lipinski definition) is 3. The van der Waals surface area contributed by atoms with Crippen LogP contribution in [0.25, 0.3) is 0 Å². The molecular weight excluding hydrogens is 278 g/mol.